The van der Waals surface area contributed by atoms with Crippen molar-refractivity contribution in [2.24, 2.45) is 5.73 Å². The highest BCUT2D eigenvalue weighted by molar-refractivity contribution is 4.94. The number of rotatable bonds is 2. The Morgan fingerprint density at radius 2 is 2.24 bits per heavy atom. The molecule has 8 heteroatoms. The third kappa shape index (κ3) is 2.03. The molecule has 0 amide bonds. The van der Waals surface area contributed by atoms with E-state index in [4.69, 9.17) is 15.6 Å². The summed E-state index contributed by atoms with van der Waals surface area (Å²) in [5.74, 6) is 0. The van der Waals surface area contributed by atoms with Crippen LogP contribution in [0.1, 0.15) is 6.23 Å². The lowest BCUT2D eigenvalue weighted by Crippen LogP contribution is -2.42. The van der Waals surface area contributed by atoms with Crippen LogP contribution in [0.5, 0.6) is 0 Å². The van der Waals surface area contributed by atoms with Crippen LogP contribution in [0.25, 0.3) is 0 Å². The zero-order valence-corrected chi connectivity index (χ0v) is 8.81. The summed E-state index contributed by atoms with van der Waals surface area (Å²) in [4.78, 5) is 24.4. The zero-order valence-electron chi connectivity index (χ0n) is 8.81. The Morgan fingerprint density at radius 1 is 1.53 bits per heavy atom. The highest BCUT2D eigenvalue weighted by atomic mass is 16.5. The predicted molar refractivity (Wildman–Crippen MR) is 56.3 cm³/mol. The first-order chi connectivity index (χ1) is 8.04. The number of aliphatic hydroxyl groups excluding tert-OH is 2. The molecule has 0 saturated carbocycles. The van der Waals surface area contributed by atoms with Gasteiger partial charge in [0.1, 0.15) is 12.2 Å². The maximum absolute atomic E-state index is 11.5. The summed E-state index contributed by atoms with van der Waals surface area (Å²) in [6, 6.07) is 0.346. The highest BCUT2D eigenvalue weighted by Crippen LogP contribution is 2.26. The zero-order chi connectivity index (χ0) is 12.6. The van der Waals surface area contributed by atoms with E-state index in [0.29, 0.717) is 0 Å². The minimum absolute atomic E-state index is 0.354. The lowest BCUT2D eigenvalue weighted by Gasteiger charge is -2.16. The van der Waals surface area contributed by atoms with Gasteiger partial charge >= 0.3 is 5.69 Å². The maximum atomic E-state index is 11.5. The van der Waals surface area contributed by atoms with Crippen LogP contribution in [0.3, 0.4) is 0 Å². The van der Waals surface area contributed by atoms with Crippen LogP contribution in [0.4, 0.5) is 0 Å². The monoisotopic (exact) mass is 243 g/mol. The first-order valence-electron chi connectivity index (χ1n) is 5.06. The first-order valence-corrected chi connectivity index (χ1v) is 5.06. The highest BCUT2D eigenvalue weighted by Gasteiger charge is 2.42. The van der Waals surface area contributed by atoms with Gasteiger partial charge in [-0.15, -0.1) is 0 Å². The molecule has 1 aromatic heterocycles. The van der Waals surface area contributed by atoms with Gasteiger partial charge in [0.05, 0.1) is 12.6 Å². The molecule has 1 aliphatic rings. The minimum atomic E-state index is -1.13. The second-order valence-electron chi connectivity index (χ2n) is 3.83. The van der Waals surface area contributed by atoms with Crippen LogP contribution in [0, 0.1) is 0 Å². The summed E-state index contributed by atoms with van der Waals surface area (Å²) in [7, 11) is 0. The van der Waals surface area contributed by atoms with Gasteiger partial charge in [-0.25, -0.2) is 4.79 Å². The van der Waals surface area contributed by atoms with Gasteiger partial charge in [-0.3, -0.25) is 14.3 Å². The molecule has 0 aromatic carbocycles. The summed E-state index contributed by atoms with van der Waals surface area (Å²) in [6.07, 6.45) is -1.67. The normalized spacial score (nSPS) is 32.9. The molecule has 0 unspecified atom stereocenters. The summed E-state index contributed by atoms with van der Waals surface area (Å²) >= 11 is 0. The molecule has 1 aliphatic heterocycles. The van der Waals surface area contributed by atoms with E-state index < -0.39 is 35.7 Å². The number of aromatic amines is 1. The van der Waals surface area contributed by atoms with Crippen LogP contribution in [0.15, 0.2) is 21.9 Å². The average Bonchev–Trinajstić information content (AvgIpc) is 2.57. The maximum Gasteiger partial charge on any atom is 0.330 e. The largest absolute Gasteiger partial charge is 0.394 e. The topological polar surface area (TPSA) is 131 Å². The van der Waals surface area contributed by atoms with E-state index in [1.54, 1.807) is 0 Å². The first kappa shape index (κ1) is 12.0. The van der Waals surface area contributed by atoms with Gasteiger partial charge in [-0.05, 0) is 0 Å². The number of hydrogen-bond donors (Lipinski definition) is 4. The molecule has 2 heterocycles. The van der Waals surface area contributed by atoms with Gasteiger partial charge in [0.25, 0.3) is 5.56 Å². The number of ether oxygens (including phenoxy) is 1. The molecule has 0 bridgehead atoms. The number of H-pyrrole nitrogens is 1. The summed E-state index contributed by atoms with van der Waals surface area (Å²) in [5, 5.41) is 18.8. The average molecular weight is 243 g/mol. The van der Waals surface area contributed by atoms with E-state index in [2.05, 4.69) is 0 Å². The molecule has 1 saturated heterocycles. The lowest BCUT2D eigenvalue weighted by atomic mass is 10.1. The molecule has 4 atom stereocenters. The van der Waals surface area contributed by atoms with Crippen LogP contribution < -0.4 is 17.0 Å². The molecule has 1 fully saturated rings. The molecular formula is C9H13N3O5. The van der Waals surface area contributed by atoms with Crippen molar-refractivity contribution in [3.8, 4) is 0 Å². The van der Waals surface area contributed by atoms with Gasteiger partial charge in [0.15, 0.2) is 6.23 Å². The number of aliphatic hydroxyl groups is 2. The van der Waals surface area contributed by atoms with Crippen LogP contribution in [-0.2, 0) is 4.74 Å². The molecule has 2 rings (SSSR count). The minimum Gasteiger partial charge on any atom is -0.394 e. The number of nitrogens with zero attached hydrogens (tertiary/aromatic N) is 1. The number of nitrogens with one attached hydrogen (secondary N) is 1. The summed E-state index contributed by atoms with van der Waals surface area (Å²) < 4.78 is 6.29. The van der Waals surface area contributed by atoms with Crippen molar-refractivity contribution in [3.05, 3.63) is 33.1 Å². The summed E-state index contributed by atoms with van der Waals surface area (Å²) in [6.45, 7) is -0.354. The summed E-state index contributed by atoms with van der Waals surface area (Å²) in [5.41, 5.74) is 4.38. The third-order valence-electron chi connectivity index (χ3n) is 2.74. The Morgan fingerprint density at radius 3 is 2.76 bits per heavy atom. The predicted octanol–water partition coefficient (Wildman–Crippen LogP) is -2.89. The number of hydrogen-bond acceptors (Lipinski definition) is 6. The Balaban J connectivity index is 2.35. The molecule has 94 valence electrons. The SMILES string of the molecule is N[C@@H]1[C@@H](O)[C@H](n2ccc(=O)[nH]c2=O)O[C@@H]1CO. The van der Waals surface area contributed by atoms with Crippen molar-refractivity contribution in [1.82, 2.24) is 9.55 Å². The number of nitrogens with two attached hydrogens (primary N) is 1. The van der Waals surface area contributed by atoms with Gasteiger partial charge in [-0.2, -0.15) is 0 Å². The standard InChI is InChI=1S/C9H13N3O5/c10-6-4(3-13)17-8(7(6)15)12-2-1-5(14)11-9(12)16/h1-2,4,6-8,13,15H,3,10H2,(H,11,14,16)/t4-,6+,7-,8-/m1/s1. The van der Waals surface area contributed by atoms with E-state index >= 15 is 0 Å². The van der Waals surface area contributed by atoms with E-state index in [1.165, 1.54) is 6.20 Å². The van der Waals surface area contributed by atoms with Crippen LogP contribution >= 0.6 is 0 Å². The van der Waals surface area contributed by atoms with Crippen molar-refractivity contribution in [2.75, 3.05) is 6.61 Å². The fraction of sp³-hybridized carbons (Fsp3) is 0.556. The van der Waals surface area contributed by atoms with E-state index in [1.807, 2.05) is 4.98 Å². The molecule has 0 aliphatic carbocycles. The van der Waals surface area contributed by atoms with E-state index in [9.17, 15) is 14.7 Å². The molecule has 5 N–H and O–H groups in total. The second-order valence-corrected chi connectivity index (χ2v) is 3.83. The fourth-order valence-corrected chi connectivity index (χ4v) is 1.78. The number of aromatic nitrogens is 2. The Bertz CT molecular complexity index is 510. The van der Waals surface area contributed by atoms with Crippen molar-refractivity contribution in [1.29, 1.82) is 0 Å². The van der Waals surface area contributed by atoms with Gasteiger partial charge < -0.3 is 20.7 Å². The van der Waals surface area contributed by atoms with Gasteiger partial charge in [0.2, 0.25) is 0 Å². The van der Waals surface area contributed by atoms with Crippen molar-refractivity contribution in [3.63, 3.8) is 0 Å². The van der Waals surface area contributed by atoms with Crippen molar-refractivity contribution in [2.45, 2.75) is 24.5 Å². The van der Waals surface area contributed by atoms with E-state index in [-0.39, 0.29) is 6.61 Å². The Hall–Kier alpha value is -1.48. The molecule has 0 radical (unpaired) electrons. The molecular weight excluding hydrogens is 230 g/mol. The Labute approximate surface area is 95.3 Å². The van der Waals surface area contributed by atoms with Gasteiger partial charge in [-0.1, -0.05) is 0 Å². The van der Waals surface area contributed by atoms with Crippen molar-refractivity contribution >= 4 is 0 Å². The lowest BCUT2D eigenvalue weighted by molar-refractivity contribution is -0.0532. The van der Waals surface area contributed by atoms with Crippen LogP contribution in [-0.4, -0.2) is 44.6 Å². The smallest absolute Gasteiger partial charge is 0.330 e. The molecule has 1 aromatic rings. The second kappa shape index (κ2) is 4.41. The molecule has 0 spiro atoms. The van der Waals surface area contributed by atoms with Crippen LogP contribution in [0.2, 0.25) is 0 Å². The quantitative estimate of drug-likeness (QED) is 0.441. The fourth-order valence-electron chi connectivity index (χ4n) is 1.78. The van der Waals surface area contributed by atoms with E-state index in [0.717, 1.165) is 10.6 Å². The molecule has 17 heavy (non-hydrogen) atoms. The van der Waals surface area contributed by atoms with Crippen molar-refractivity contribution < 1.29 is 14.9 Å². The molecule has 8 nitrogen and oxygen atoms in total. The van der Waals surface area contributed by atoms with Gasteiger partial charge in [0, 0.05) is 12.3 Å². The Kier molecular flexibility index (Phi) is 3.11. The third-order valence-corrected chi connectivity index (χ3v) is 2.74.